The highest BCUT2D eigenvalue weighted by Gasteiger charge is 2.22. The first kappa shape index (κ1) is 16.0. The van der Waals surface area contributed by atoms with Crippen molar-refractivity contribution in [2.24, 2.45) is 5.92 Å². The van der Waals surface area contributed by atoms with Gasteiger partial charge in [0.1, 0.15) is 5.75 Å². The standard InChI is InChI=1S/C13H18ClNO3S/c1-10(2)8-15(3)13(16)9-19(17,18)12-6-4-11(14)5-7-12/h4-7,10H,8-9H2,1-3H3. The molecule has 0 unspecified atom stereocenters. The van der Waals surface area contributed by atoms with E-state index in [1.807, 2.05) is 13.8 Å². The Hall–Kier alpha value is -1.07. The first-order chi connectivity index (χ1) is 8.72. The van der Waals surface area contributed by atoms with Gasteiger partial charge in [-0.25, -0.2) is 8.42 Å². The molecule has 0 N–H and O–H groups in total. The predicted molar refractivity (Wildman–Crippen MR) is 76.0 cm³/mol. The second-order valence-corrected chi connectivity index (χ2v) is 7.31. The van der Waals surface area contributed by atoms with Crippen molar-refractivity contribution in [1.82, 2.24) is 4.90 Å². The van der Waals surface area contributed by atoms with E-state index in [1.54, 1.807) is 7.05 Å². The number of rotatable bonds is 5. The molecule has 6 heteroatoms. The molecular weight excluding hydrogens is 286 g/mol. The number of carbonyl (C=O) groups excluding carboxylic acids is 1. The summed E-state index contributed by atoms with van der Waals surface area (Å²) in [5.41, 5.74) is 0. The normalized spacial score (nSPS) is 11.6. The highest BCUT2D eigenvalue weighted by molar-refractivity contribution is 7.92. The van der Waals surface area contributed by atoms with E-state index in [0.717, 1.165) is 0 Å². The van der Waals surface area contributed by atoms with Crippen LogP contribution in [0.5, 0.6) is 0 Å². The Morgan fingerprint density at radius 2 is 1.79 bits per heavy atom. The zero-order valence-electron chi connectivity index (χ0n) is 11.3. The molecule has 0 spiro atoms. The molecule has 0 saturated heterocycles. The summed E-state index contributed by atoms with van der Waals surface area (Å²) in [7, 11) is -2.00. The summed E-state index contributed by atoms with van der Waals surface area (Å²) < 4.78 is 24.1. The van der Waals surface area contributed by atoms with E-state index in [9.17, 15) is 13.2 Å². The molecule has 4 nitrogen and oxygen atoms in total. The third-order valence-electron chi connectivity index (χ3n) is 2.55. The van der Waals surface area contributed by atoms with E-state index in [0.29, 0.717) is 17.5 Å². The van der Waals surface area contributed by atoms with Gasteiger partial charge in [0, 0.05) is 18.6 Å². The predicted octanol–water partition coefficient (Wildman–Crippen LogP) is 2.23. The Balaban J connectivity index is 2.80. The maximum Gasteiger partial charge on any atom is 0.237 e. The van der Waals surface area contributed by atoms with Gasteiger partial charge in [0.05, 0.1) is 4.90 Å². The minimum atomic E-state index is -3.61. The Morgan fingerprint density at radius 3 is 2.26 bits per heavy atom. The van der Waals surface area contributed by atoms with E-state index in [1.165, 1.54) is 29.2 Å². The van der Waals surface area contributed by atoms with Crippen molar-refractivity contribution in [2.45, 2.75) is 18.7 Å². The molecule has 0 aliphatic rings. The summed E-state index contributed by atoms with van der Waals surface area (Å²) in [6, 6.07) is 5.81. The second-order valence-electron chi connectivity index (χ2n) is 4.88. The van der Waals surface area contributed by atoms with Gasteiger partial charge in [-0.3, -0.25) is 4.79 Å². The van der Waals surface area contributed by atoms with Gasteiger partial charge in [-0.1, -0.05) is 25.4 Å². The summed E-state index contributed by atoms with van der Waals surface area (Å²) in [4.78, 5) is 13.4. The van der Waals surface area contributed by atoms with Crippen molar-refractivity contribution >= 4 is 27.3 Å². The lowest BCUT2D eigenvalue weighted by molar-refractivity contribution is -0.127. The number of halogens is 1. The SMILES string of the molecule is CC(C)CN(C)C(=O)CS(=O)(=O)c1ccc(Cl)cc1. The lowest BCUT2D eigenvalue weighted by Crippen LogP contribution is -2.35. The van der Waals surface area contributed by atoms with Crippen LogP contribution in [0.1, 0.15) is 13.8 Å². The second kappa shape index (κ2) is 6.39. The first-order valence-electron chi connectivity index (χ1n) is 5.94. The van der Waals surface area contributed by atoms with Crippen molar-refractivity contribution in [2.75, 3.05) is 19.3 Å². The van der Waals surface area contributed by atoms with Gasteiger partial charge in [-0.05, 0) is 30.2 Å². The molecule has 0 radical (unpaired) electrons. The highest BCUT2D eigenvalue weighted by Crippen LogP contribution is 2.15. The van der Waals surface area contributed by atoms with Gasteiger partial charge >= 0.3 is 0 Å². The zero-order valence-corrected chi connectivity index (χ0v) is 12.8. The molecule has 1 aromatic carbocycles. The fraction of sp³-hybridized carbons (Fsp3) is 0.462. The quantitative estimate of drug-likeness (QED) is 0.838. The molecule has 1 aromatic rings. The van der Waals surface area contributed by atoms with E-state index in [2.05, 4.69) is 0 Å². The molecule has 1 amide bonds. The zero-order chi connectivity index (χ0) is 14.6. The van der Waals surface area contributed by atoms with Gasteiger partial charge in [0.15, 0.2) is 9.84 Å². The minimum Gasteiger partial charge on any atom is -0.345 e. The largest absolute Gasteiger partial charge is 0.345 e. The van der Waals surface area contributed by atoms with Crippen molar-refractivity contribution in [3.05, 3.63) is 29.3 Å². The number of hydrogen-bond donors (Lipinski definition) is 0. The molecule has 19 heavy (non-hydrogen) atoms. The van der Waals surface area contributed by atoms with E-state index in [-0.39, 0.29) is 4.90 Å². The van der Waals surface area contributed by atoms with Gasteiger partial charge in [0.25, 0.3) is 0 Å². The van der Waals surface area contributed by atoms with Crippen LogP contribution < -0.4 is 0 Å². The smallest absolute Gasteiger partial charge is 0.237 e. The molecular formula is C13H18ClNO3S. The van der Waals surface area contributed by atoms with Crippen molar-refractivity contribution in [3.63, 3.8) is 0 Å². The van der Waals surface area contributed by atoms with Crippen LogP contribution in [-0.4, -0.2) is 38.6 Å². The molecule has 106 valence electrons. The number of nitrogens with zero attached hydrogens (tertiary/aromatic N) is 1. The Kier molecular flexibility index (Phi) is 5.38. The molecule has 1 rings (SSSR count). The first-order valence-corrected chi connectivity index (χ1v) is 7.97. The van der Waals surface area contributed by atoms with Crippen LogP contribution >= 0.6 is 11.6 Å². The third kappa shape index (κ3) is 4.84. The van der Waals surface area contributed by atoms with Crippen LogP contribution in [0, 0.1) is 5.92 Å². The Bertz CT molecular complexity index is 538. The van der Waals surface area contributed by atoms with E-state index < -0.39 is 21.5 Å². The summed E-state index contributed by atoms with van der Waals surface area (Å²) in [6.45, 7) is 4.48. The number of amides is 1. The van der Waals surface area contributed by atoms with Crippen molar-refractivity contribution < 1.29 is 13.2 Å². The monoisotopic (exact) mass is 303 g/mol. The summed E-state index contributed by atoms with van der Waals surface area (Å²) in [5, 5.41) is 0.460. The van der Waals surface area contributed by atoms with Gasteiger partial charge in [0.2, 0.25) is 5.91 Å². The maximum atomic E-state index is 12.1. The minimum absolute atomic E-state index is 0.114. The molecule has 0 aliphatic heterocycles. The van der Waals surface area contributed by atoms with Crippen LogP contribution in [0.2, 0.25) is 5.02 Å². The van der Waals surface area contributed by atoms with Crippen molar-refractivity contribution in [1.29, 1.82) is 0 Å². The van der Waals surface area contributed by atoms with Crippen LogP contribution in [-0.2, 0) is 14.6 Å². The van der Waals surface area contributed by atoms with Crippen LogP contribution in [0.4, 0.5) is 0 Å². The van der Waals surface area contributed by atoms with Gasteiger partial charge < -0.3 is 4.90 Å². The average molecular weight is 304 g/mol. The fourth-order valence-electron chi connectivity index (χ4n) is 1.65. The van der Waals surface area contributed by atoms with Crippen molar-refractivity contribution in [3.8, 4) is 0 Å². The lowest BCUT2D eigenvalue weighted by Gasteiger charge is -2.19. The van der Waals surface area contributed by atoms with Crippen LogP contribution in [0.25, 0.3) is 0 Å². The Labute approximate surface area is 119 Å². The van der Waals surface area contributed by atoms with Crippen LogP contribution in [0.3, 0.4) is 0 Å². The van der Waals surface area contributed by atoms with Gasteiger partial charge in [-0.15, -0.1) is 0 Å². The topological polar surface area (TPSA) is 54.5 Å². The van der Waals surface area contributed by atoms with E-state index in [4.69, 9.17) is 11.6 Å². The molecule has 0 fully saturated rings. The highest BCUT2D eigenvalue weighted by atomic mass is 35.5. The summed E-state index contributed by atoms with van der Waals surface area (Å²) >= 11 is 5.71. The summed E-state index contributed by atoms with van der Waals surface area (Å²) in [6.07, 6.45) is 0. The number of hydrogen-bond acceptors (Lipinski definition) is 3. The molecule has 0 aromatic heterocycles. The number of carbonyl (C=O) groups is 1. The number of sulfone groups is 1. The van der Waals surface area contributed by atoms with E-state index >= 15 is 0 Å². The number of benzene rings is 1. The summed E-state index contributed by atoms with van der Waals surface area (Å²) in [5.74, 6) is -0.617. The average Bonchev–Trinajstić information content (AvgIpc) is 2.27. The maximum absolute atomic E-state index is 12.1. The third-order valence-corrected chi connectivity index (χ3v) is 4.42. The van der Waals surface area contributed by atoms with Gasteiger partial charge in [-0.2, -0.15) is 0 Å². The molecule has 0 atom stereocenters. The molecule has 0 aliphatic carbocycles. The molecule has 0 bridgehead atoms. The van der Waals surface area contributed by atoms with Crippen LogP contribution in [0.15, 0.2) is 29.2 Å². The fourth-order valence-corrected chi connectivity index (χ4v) is 3.04. The molecule has 0 heterocycles. The Morgan fingerprint density at radius 1 is 1.26 bits per heavy atom. The lowest BCUT2D eigenvalue weighted by atomic mass is 10.2. The molecule has 0 saturated carbocycles.